The van der Waals surface area contributed by atoms with Gasteiger partial charge in [0.05, 0.1) is 12.3 Å². The van der Waals surface area contributed by atoms with Gasteiger partial charge >= 0.3 is 0 Å². The standard InChI is InChI=1S/C13H24N4O/c1-4-13(2,3)14-7-12-9-17(16-15-12)8-11-5-6-18-10-11/h9,11,14H,4-8,10H2,1-3H3/t11-/m0/s1. The predicted molar refractivity (Wildman–Crippen MR) is 70.2 cm³/mol. The summed E-state index contributed by atoms with van der Waals surface area (Å²) in [6.45, 7) is 10.0. The quantitative estimate of drug-likeness (QED) is 0.835. The topological polar surface area (TPSA) is 52.0 Å². The van der Waals surface area contributed by atoms with E-state index in [1.54, 1.807) is 0 Å². The zero-order chi connectivity index (χ0) is 13.0. The van der Waals surface area contributed by atoms with Crippen LogP contribution in [-0.2, 0) is 17.8 Å². The monoisotopic (exact) mass is 252 g/mol. The van der Waals surface area contributed by atoms with Crippen molar-refractivity contribution in [2.45, 2.75) is 52.2 Å². The average Bonchev–Trinajstić information content (AvgIpc) is 2.99. The van der Waals surface area contributed by atoms with Gasteiger partial charge in [0.1, 0.15) is 0 Å². The van der Waals surface area contributed by atoms with Crippen molar-refractivity contribution < 1.29 is 4.74 Å². The molecule has 0 aliphatic carbocycles. The van der Waals surface area contributed by atoms with Crippen LogP contribution in [0.3, 0.4) is 0 Å². The van der Waals surface area contributed by atoms with E-state index in [-0.39, 0.29) is 5.54 Å². The molecule has 1 aliphatic heterocycles. The third kappa shape index (κ3) is 3.78. The Morgan fingerprint density at radius 2 is 2.39 bits per heavy atom. The second-order valence-corrected chi connectivity index (χ2v) is 5.75. The molecule has 0 saturated carbocycles. The lowest BCUT2D eigenvalue weighted by atomic mass is 10.0. The Kier molecular flexibility index (Phi) is 4.35. The van der Waals surface area contributed by atoms with Crippen LogP contribution < -0.4 is 5.32 Å². The van der Waals surface area contributed by atoms with Crippen molar-refractivity contribution in [1.29, 1.82) is 0 Å². The number of aromatic nitrogens is 3. The number of nitrogens with one attached hydrogen (secondary N) is 1. The molecule has 0 radical (unpaired) electrons. The summed E-state index contributed by atoms with van der Waals surface area (Å²) in [4.78, 5) is 0. The molecule has 0 spiro atoms. The van der Waals surface area contributed by atoms with Gasteiger partial charge in [-0.15, -0.1) is 5.10 Å². The summed E-state index contributed by atoms with van der Waals surface area (Å²) in [7, 11) is 0. The summed E-state index contributed by atoms with van der Waals surface area (Å²) in [6.07, 6.45) is 4.27. The lowest BCUT2D eigenvalue weighted by Crippen LogP contribution is -2.37. The first-order valence-corrected chi connectivity index (χ1v) is 6.81. The molecule has 1 aliphatic rings. The Morgan fingerprint density at radius 3 is 3.06 bits per heavy atom. The molecule has 102 valence electrons. The fraction of sp³-hybridized carbons (Fsp3) is 0.846. The normalized spacial score (nSPS) is 20.5. The summed E-state index contributed by atoms with van der Waals surface area (Å²) in [5.74, 6) is 0.597. The van der Waals surface area contributed by atoms with Gasteiger partial charge in [0.15, 0.2) is 0 Å². The van der Waals surface area contributed by atoms with E-state index in [2.05, 4.69) is 36.4 Å². The number of nitrogens with zero attached hydrogens (tertiary/aromatic N) is 3. The zero-order valence-corrected chi connectivity index (χ0v) is 11.6. The zero-order valence-electron chi connectivity index (χ0n) is 11.6. The van der Waals surface area contributed by atoms with Gasteiger partial charge in [-0.2, -0.15) is 0 Å². The molecule has 1 atom stereocenters. The van der Waals surface area contributed by atoms with Gasteiger partial charge in [-0.05, 0) is 26.7 Å². The predicted octanol–water partition coefficient (Wildman–Crippen LogP) is 1.59. The smallest absolute Gasteiger partial charge is 0.0965 e. The minimum Gasteiger partial charge on any atom is -0.381 e. The van der Waals surface area contributed by atoms with Crippen molar-refractivity contribution in [3.8, 4) is 0 Å². The molecule has 1 aromatic rings. The van der Waals surface area contributed by atoms with E-state index in [4.69, 9.17) is 4.74 Å². The molecular formula is C13H24N4O. The summed E-state index contributed by atoms with van der Waals surface area (Å²) in [5.41, 5.74) is 1.17. The number of hydrogen-bond acceptors (Lipinski definition) is 4. The summed E-state index contributed by atoms with van der Waals surface area (Å²) < 4.78 is 7.31. The highest BCUT2D eigenvalue weighted by Crippen LogP contribution is 2.14. The first-order chi connectivity index (χ1) is 8.59. The highest BCUT2D eigenvalue weighted by Gasteiger charge is 2.17. The van der Waals surface area contributed by atoms with E-state index in [0.29, 0.717) is 5.92 Å². The average molecular weight is 252 g/mol. The molecule has 18 heavy (non-hydrogen) atoms. The molecule has 5 nitrogen and oxygen atoms in total. The van der Waals surface area contributed by atoms with E-state index in [0.717, 1.165) is 44.8 Å². The second kappa shape index (κ2) is 5.80. The largest absolute Gasteiger partial charge is 0.381 e. The van der Waals surface area contributed by atoms with Crippen LogP contribution in [0.4, 0.5) is 0 Å². The van der Waals surface area contributed by atoms with Crippen LogP contribution >= 0.6 is 0 Å². The Balaban J connectivity index is 1.82. The van der Waals surface area contributed by atoms with E-state index in [1.807, 2.05) is 10.9 Å². The molecule has 2 rings (SSSR count). The van der Waals surface area contributed by atoms with Crippen molar-refractivity contribution in [2.75, 3.05) is 13.2 Å². The van der Waals surface area contributed by atoms with Crippen molar-refractivity contribution in [3.05, 3.63) is 11.9 Å². The number of ether oxygens (including phenoxy) is 1. The molecule has 0 bridgehead atoms. The fourth-order valence-electron chi connectivity index (χ4n) is 1.96. The lowest BCUT2D eigenvalue weighted by molar-refractivity contribution is 0.181. The molecule has 1 N–H and O–H groups in total. The molecule has 1 fully saturated rings. The molecule has 2 heterocycles. The maximum absolute atomic E-state index is 5.37. The maximum atomic E-state index is 5.37. The molecule has 1 aromatic heterocycles. The SMILES string of the molecule is CCC(C)(C)NCc1cn(C[C@@H]2CCOC2)nn1. The van der Waals surface area contributed by atoms with Crippen LogP contribution in [-0.4, -0.2) is 33.7 Å². The highest BCUT2D eigenvalue weighted by molar-refractivity contribution is 4.93. The fourth-order valence-corrected chi connectivity index (χ4v) is 1.96. The van der Waals surface area contributed by atoms with Gasteiger partial charge in [0.25, 0.3) is 0 Å². The van der Waals surface area contributed by atoms with Crippen molar-refractivity contribution in [3.63, 3.8) is 0 Å². The van der Waals surface area contributed by atoms with E-state index in [9.17, 15) is 0 Å². The molecule has 5 heteroatoms. The van der Waals surface area contributed by atoms with E-state index >= 15 is 0 Å². The molecule has 0 unspecified atom stereocenters. The van der Waals surface area contributed by atoms with Crippen LogP contribution in [0.15, 0.2) is 6.20 Å². The van der Waals surface area contributed by atoms with Gasteiger partial charge in [-0.25, -0.2) is 0 Å². The number of rotatable bonds is 6. The molecule has 0 aromatic carbocycles. The first kappa shape index (κ1) is 13.5. The second-order valence-electron chi connectivity index (χ2n) is 5.75. The van der Waals surface area contributed by atoms with Crippen molar-refractivity contribution in [1.82, 2.24) is 20.3 Å². The molecular weight excluding hydrogens is 228 g/mol. The van der Waals surface area contributed by atoms with Gasteiger partial charge < -0.3 is 10.1 Å². The third-order valence-electron chi connectivity index (χ3n) is 3.69. The molecule has 0 amide bonds. The third-order valence-corrected chi connectivity index (χ3v) is 3.69. The van der Waals surface area contributed by atoms with Crippen molar-refractivity contribution in [2.24, 2.45) is 5.92 Å². The lowest BCUT2D eigenvalue weighted by Gasteiger charge is -2.23. The van der Waals surface area contributed by atoms with Crippen LogP contribution in [0.25, 0.3) is 0 Å². The summed E-state index contributed by atoms with van der Waals surface area (Å²) >= 11 is 0. The van der Waals surface area contributed by atoms with Crippen LogP contribution in [0.2, 0.25) is 0 Å². The Bertz CT molecular complexity index is 369. The Labute approximate surface area is 109 Å². The molecule has 1 saturated heterocycles. The summed E-state index contributed by atoms with van der Waals surface area (Å²) in [6, 6.07) is 0. The summed E-state index contributed by atoms with van der Waals surface area (Å²) in [5, 5.41) is 11.9. The van der Waals surface area contributed by atoms with Gasteiger partial charge in [-0.1, -0.05) is 12.1 Å². The van der Waals surface area contributed by atoms with E-state index in [1.165, 1.54) is 0 Å². The van der Waals surface area contributed by atoms with Gasteiger partial charge in [-0.3, -0.25) is 4.68 Å². The minimum atomic E-state index is 0.156. The maximum Gasteiger partial charge on any atom is 0.0965 e. The Hall–Kier alpha value is -0.940. The minimum absolute atomic E-state index is 0.156. The first-order valence-electron chi connectivity index (χ1n) is 6.81. The van der Waals surface area contributed by atoms with Gasteiger partial charge in [0.2, 0.25) is 0 Å². The van der Waals surface area contributed by atoms with Crippen LogP contribution in [0.1, 0.15) is 39.3 Å². The number of hydrogen-bond donors (Lipinski definition) is 1. The van der Waals surface area contributed by atoms with Crippen LogP contribution in [0, 0.1) is 5.92 Å². The highest BCUT2D eigenvalue weighted by atomic mass is 16.5. The van der Waals surface area contributed by atoms with Crippen molar-refractivity contribution >= 4 is 0 Å². The van der Waals surface area contributed by atoms with Gasteiger partial charge in [0, 0.05) is 37.4 Å². The van der Waals surface area contributed by atoms with E-state index < -0.39 is 0 Å². The Morgan fingerprint density at radius 1 is 1.56 bits per heavy atom. The van der Waals surface area contributed by atoms with Crippen LogP contribution in [0.5, 0.6) is 0 Å².